The van der Waals surface area contributed by atoms with Crippen LogP contribution in [0, 0.1) is 5.92 Å². The molecule has 0 bridgehead atoms. The van der Waals surface area contributed by atoms with Crippen molar-refractivity contribution >= 4 is 11.7 Å². The fourth-order valence-corrected chi connectivity index (χ4v) is 1.85. The molecule has 1 saturated carbocycles. The van der Waals surface area contributed by atoms with Crippen molar-refractivity contribution in [3.05, 3.63) is 23.9 Å². The molecule has 1 aliphatic rings. The molecule has 92 valence electrons. The Balaban J connectivity index is 1.92. The van der Waals surface area contributed by atoms with Crippen LogP contribution in [0.4, 0.5) is 5.82 Å². The van der Waals surface area contributed by atoms with Crippen LogP contribution in [0.1, 0.15) is 36.7 Å². The maximum Gasteiger partial charge on any atom is 0.270 e. The molecular formula is C12H18N4O. The summed E-state index contributed by atoms with van der Waals surface area (Å²) in [6.45, 7) is 2.03. The number of nitrogens with zero attached hydrogens (tertiary/aromatic N) is 1. The average Bonchev–Trinajstić information content (AvgIpc) is 3.12. The number of carbonyl (C=O) groups excluding carboxylic acids is 1. The highest BCUT2D eigenvalue weighted by atomic mass is 16.1. The first-order chi connectivity index (χ1) is 8.19. The molecule has 0 spiro atoms. The molecule has 1 aromatic rings. The molecule has 0 saturated heterocycles. The number of rotatable bonds is 5. The Hall–Kier alpha value is -1.62. The SMILES string of the molecule is CC(CC1CC1)NC(=O)c1cccc(NN)n1. The van der Waals surface area contributed by atoms with Crippen LogP contribution in [-0.2, 0) is 0 Å². The molecule has 1 heterocycles. The number of aromatic nitrogens is 1. The molecule has 5 nitrogen and oxygen atoms in total. The smallest absolute Gasteiger partial charge is 0.270 e. The Bertz CT molecular complexity index is 403. The lowest BCUT2D eigenvalue weighted by Gasteiger charge is -2.13. The summed E-state index contributed by atoms with van der Waals surface area (Å²) in [5.41, 5.74) is 2.82. The topological polar surface area (TPSA) is 80.0 Å². The average molecular weight is 234 g/mol. The lowest BCUT2D eigenvalue weighted by Crippen LogP contribution is -2.33. The lowest BCUT2D eigenvalue weighted by molar-refractivity contribution is 0.0932. The van der Waals surface area contributed by atoms with E-state index in [9.17, 15) is 4.79 Å². The van der Waals surface area contributed by atoms with E-state index in [1.165, 1.54) is 12.8 Å². The second kappa shape index (κ2) is 5.14. The van der Waals surface area contributed by atoms with Gasteiger partial charge >= 0.3 is 0 Å². The number of carbonyl (C=O) groups is 1. The zero-order chi connectivity index (χ0) is 12.3. The second-order valence-electron chi connectivity index (χ2n) is 4.61. The summed E-state index contributed by atoms with van der Waals surface area (Å²) in [7, 11) is 0. The van der Waals surface area contributed by atoms with Crippen LogP contribution >= 0.6 is 0 Å². The zero-order valence-corrected chi connectivity index (χ0v) is 9.94. The van der Waals surface area contributed by atoms with E-state index in [2.05, 4.69) is 15.7 Å². The van der Waals surface area contributed by atoms with Gasteiger partial charge in [0, 0.05) is 6.04 Å². The molecule has 0 aromatic carbocycles. The number of amides is 1. The largest absolute Gasteiger partial charge is 0.348 e. The number of hydrogen-bond acceptors (Lipinski definition) is 4. The highest BCUT2D eigenvalue weighted by Crippen LogP contribution is 2.33. The van der Waals surface area contributed by atoms with Crippen molar-refractivity contribution in [1.29, 1.82) is 0 Å². The highest BCUT2D eigenvalue weighted by molar-refractivity contribution is 5.92. The van der Waals surface area contributed by atoms with Crippen LogP contribution in [-0.4, -0.2) is 16.9 Å². The van der Waals surface area contributed by atoms with Crippen molar-refractivity contribution in [2.45, 2.75) is 32.2 Å². The van der Waals surface area contributed by atoms with Crippen molar-refractivity contribution in [2.24, 2.45) is 11.8 Å². The normalized spacial score (nSPS) is 16.4. The van der Waals surface area contributed by atoms with E-state index in [1.54, 1.807) is 18.2 Å². The molecule has 1 aliphatic carbocycles. The number of anilines is 1. The Morgan fingerprint density at radius 2 is 2.35 bits per heavy atom. The number of hydrazine groups is 1. The van der Waals surface area contributed by atoms with Gasteiger partial charge in [0.15, 0.2) is 0 Å². The third-order valence-corrected chi connectivity index (χ3v) is 2.89. The lowest BCUT2D eigenvalue weighted by atomic mass is 10.1. The Labute approximate surface area is 101 Å². The van der Waals surface area contributed by atoms with Gasteiger partial charge in [0.05, 0.1) is 0 Å². The molecule has 1 fully saturated rings. The molecule has 1 aromatic heterocycles. The zero-order valence-electron chi connectivity index (χ0n) is 9.94. The van der Waals surface area contributed by atoms with Gasteiger partial charge in [-0.25, -0.2) is 10.8 Å². The predicted molar refractivity (Wildman–Crippen MR) is 66.3 cm³/mol. The molecule has 4 N–H and O–H groups in total. The maximum absolute atomic E-state index is 11.9. The first-order valence-corrected chi connectivity index (χ1v) is 5.93. The van der Waals surface area contributed by atoms with Gasteiger partial charge < -0.3 is 10.7 Å². The van der Waals surface area contributed by atoms with Crippen LogP contribution in [0.3, 0.4) is 0 Å². The monoisotopic (exact) mass is 234 g/mol. The number of nitrogen functional groups attached to an aromatic ring is 1. The van der Waals surface area contributed by atoms with Crippen molar-refractivity contribution < 1.29 is 4.79 Å². The minimum absolute atomic E-state index is 0.143. The molecule has 0 radical (unpaired) electrons. The Kier molecular flexibility index (Phi) is 3.58. The summed E-state index contributed by atoms with van der Waals surface area (Å²) in [6.07, 6.45) is 3.65. The summed E-state index contributed by atoms with van der Waals surface area (Å²) in [4.78, 5) is 16.0. The van der Waals surface area contributed by atoms with Gasteiger partial charge in [-0.15, -0.1) is 0 Å². The van der Waals surface area contributed by atoms with E-state index >= 15 is 0 Å². The van der Waals surface area contributed by atoms with Gasteiger partial charge in [-0.3, -0.25) is 4.79 Å². The first kappa shape index (κ1) is 11.9. The van der Waals surface area contributed by atoms with Gasteiger partial charge in [0.1, 0.15) is 11.5 Å². The summed E-state index contributed by atoms with van der Waals surface area (Å²) < 4.78 is 0. The predicted octanol–water partition coefficient (Wildman–Crippen LogP) is 1.29. The van der Waals surface area contributed by atoms with Gasteiger partial charge in [-0.2, -0.15) is 0 Å². The van der Waals surface area contributed by atoms with E-state index in [-0.39, 0.29) is 11.9 Å². The number of nitrogens with two attached hydrogens (primary N) is 1. The third kappa shape index (κ3) is 3.42. The van der Waals surface area contributed by atoms with Gasteiger partial charge in [0.2, 0.25) is 0 Å². The van der Waals surface area contributed by atoms with Gasteiger partial charge in [-0.1, -0.05) is 18.9 Å². The Morgan fingerprint density at radius 1 is 1.59 bits per heavy atom. The van der Waals surface area contributed by atoms with E-state index in [0.717, 1.165) is 12.3 Å². The molecule has 1 amide bonds. The minimum Gasteiger partial charge on any atom is -0.348 e. The maximum atomic E-state index is 11.9. The van der Waals surface area contributed by atoms with Crippen LogP contribution in [0.2, 0.25) is 0 Å². The van der Waals surface area contributed by atoms with E-state index in [4.69, 9.17) is 5.84 Å². The van der Waals surface area contributed by atoms with E-state index in [1.807, 2.05) is 6.92 Å². The number of pyridine rings is 1. The Morgan fingerprint density at radius 3 is 3.00 bits per heavy atom. The molecule has 0 aliphatic heterocycles. The number of hydrogen-bond donors (Lipinski definition) is 3. The molecule has 1 atom stereocenters. The highest BCUT2D eigenvalue weighted by Gasteiger charge is 2.24. The molecule has 2 rings (SSSR count). The van der Waals surface area contributed by atoms with Crippen molar-refractivity contribution in [2.75, 3.05) is 5.43 Å². The quantitative estimate of drug-likeness (QED) is 0.529. The summed E-state index contributed by atoms with van der Waals surface area (Å²) in [5.74, 6) is 6.40. The van der Waals surface area contributed by atoms with Crippen molar-refractivity contribution in [3.63, 3.8) is 0 Å². The molecule has 17 heavy (non-hydrogen) atoms. The third-order valence-electron chi connectivity index (χ3n) is 2.89. The van der Waals surface area contributed by atoms with Crippen LogP contribution in [0.15, 0.2) is 18.2 Å². The van der Waals surface area contributed by atoms with E-state index < -0.39 is 0 Å². The van der Waals surface area contributed by atoms with E-state index in [0.29, 0.717) is 11.5 Å². The molecule has 1 unspecified atom stereocenters. The summed E-state index contributed by atoms with van der Waals surface area (Å²) in [5, 5.41) is 2.95. The molecular weight excluding hydrogens is 216 g/mol. The fraction of sp³-hybridized carbons (Fsp3) is 0.500. The van der Waals surface area contributed by atoms with Crippen molar-refractivity contribution in [1.82, 2.24) is 10.3 Å². The van der Waals surface area contributed by atoms with Crippen LogP contribution in [0.5, 0.6) is 0 Å². The second-order valence-corrected chi connectivity index (χ2v) is 4.61. The van der Waals surface area contributed by atoms with Crippen molar-refractivity contribution in [3.8, 4) is 0 Å². The van der Waals surface area contributed by atoms with Crippen LogP contribution in [0.25, 0.3) is 0 Å². The standard InChI is InChI=1S/C12H18N4O/c1-8(7-9-5-6-9)14-12(17)10-3-2-4-11(15-10)16-13/h2-4,8-9H,5-7,13H2,1H3,(H,14,17)(H,15,16). The number of nitrogens with one attached hydrogen (secondary N) is 2. The van der Waals surface area contributed by atoms with Crippen LogP contribution < -0.4 is 16.6 Å². The fourth-order valence-electron chi connectivity index (χ4n) is 1.85. The first-order valence-electron chi connectivity index (χ1n) is 5.93. The minimum atomic E-state index is -0.143. The summed E-state index contributed by atoms with van der Waals surface area (Å²) in [6, 6.07) is 5.35. The molecule has 5 heteroatoms. The summed E-state index contributed by atoms with van der Waals surface area (Å²) >= 11 is 0. The van der Waals surface area contributed by atoms with Gasteiger partial charge in [-0.05, 0) is 31.4 Å². The van der Waals surface area contributed by atoms with Gasteiger partial charge in [0.25, 0.3) is 5.91 Å².